The second-order valence-corrected chi connectivity index (χ2v) is 10.9. The van der Waals surface area contributed by atoms with Crippen molar-refractivity contribution in [2.75, 3.05) is 30.4 Å². The van der Waals surface area contributed by atoms with Crippen LogP contribution in [0.1, 0.15) is 77.1 Å². The van der Waals surface area contributed by atoms with Crippen molar-refractivity contribution in [3.63, 3.8) is 0 Å². The lowest BCUT2D eigenvalue weighted by atomic mass is 9.91. The molecule has 0 bridgehead atoms. The van der Waals surface area contributed by atoms with Crippen molar-refractivity contribution in [3.05, 3.63) is 29.2 Å². The third kappa shape index (κ3) is 6.47. The van der Waals surface area contributed by atoms with Crippen LogP contribution in [0.2, 0.25) is 0 Å². The highest BCUT2D eigenvalue weighted by atomic mass is 32.3. The fraction of sp³-hybridized carbons (Fsp3) is 0.560. The van der Waals surface area contributed by atoms with E-state index in [2.05, 4.69) is 22.4 Å². The number of anilines is 1. The number of nitrogens with one attached hydrogen (secondary N) is 1. The first-order valence-electron chi connectivity index (χ1n) is 12.5. The zero-order valence-electron chi connectivity index (χ0n) is 22.8. The molecule has 1 fully saturated rings. The zero-order chi connectivity index (χ0) is 28.0. The molecule has 2 aromatic rings. The second-order valence-electron chi connectivity index (χ2n) is 9.63. The molecule has 2 aliphatic heterocycles. The Kier molecular flexibility index (Phi) is 10.1. The zero-order valence-corrected chi connectivity index (χ0v) is 24.5. The molecular formula is C25H35F2N7O2S2. The Morgan fingerprint density at radius 1 is 1.29 bits per heavy atom. The number of ether oxygens (including phenoxy) is 1. The van der Waals surface area contributed by atoms with Crippen LogP contribution in [0.3, 0.4) is 0 Å². The predicted octanol–water partition coefficient (Wildman–Crippen LogP) is 5.90. The summed E-state index contributed by atoms with van der Waals surface area (Å²) in [6.07, 6.45) is 4.64. The van der Waals surface area contributed by atoms with Gasteiger partial charge in [0.15, 0.2) is 36.1 Å². The molecule has 0 aromatic carbocycles. The maximum absolute atomic E-state index is 13.9. The number of halogens is 2. The van der Waals surface area contributed by atoms with E-state index in [0.717, 1.165) is 27.7 Å². The van der Waals surface area contributed by atoms with Crippen molar-refractivity contribution < 1.29 is 17.3 Å². The highest BCUT2D eigenvalue weighted by Gasteiger charge is 2.33. The van der Waals surface area contributed by atoms with Crippen LogP contribution in [0, 0.1) is 11.8 Å². The van der Waals surface area contributed by atoms with Gasteiger partial charge in [-0.15, -0.1) is 13.7 Å². The van der Waals surface area contributed by atoms with Crippen LogP contribution >= 0.6 is 24.7 Å². The molecule has 0 radical (unpaired) electrons. The van der Waals surface area contributed by atoms with Crippen LogP contribution in [0.4, 0.5) is 18.4 Å². The molecule has 0 aliphatic carbocycles. The molecule has 2 aromatic heterocycles. The summed E-state index contributed by atoms with van der Waals surface area (Å²) in [6, 6.07) is 0. The van der Waals surface area contributed by atoms with E-state index in [1.54, 1.807) is 18.0 Å². The number of fused-ring (bicyclic) bond motifs is 1. The lowest BCUT2D eigenvalue weighted by Gasteiger charge is -2.34. The van der Waals surface area contributed by atoms with Crippen molar-refractivity contribution in [2.45, 2.75) is 65.9 Å². The molecule has 1 unspecified atom stereocenters. The van der Waals surface area contributed by atoms with E-state index in [0.29, 0.717) is 36.5 Å². The molecule has 0 saturated carbocycles. The van der Waals surface area contributed by atoms with Gasteiger partial charge in [0, 0.05) is 44.4 Å². The van der Waals surface area contributed by atoms with Gasteiger partial charge in [0.05, 0.1) is 17.5 Å². The summed E-state index contributed by atoms with van der Waals surface area (Å²) >= 11 is -0.536. The van der Waals surface area contributed by atoms with Crippen molar-refractivity contribution >= 4 is 47.8 Å². The average molecular weight is 568 g/mol. The number of rotatable bonds is 5. The maximum Gasteiger partial charge on any atom is 0.410 e. The number of carbonyl (C=O) groups excluding carboxylic acids is 1. The molecule has 1 atom stereocenters. The van der Waals surface area contributed by atoms with Gasteiger partial charge < -0.3 is 14.6 Å². The SMILES string of the molecule is CC.CC#Cc1c(C2CCCN(C(=O)OC(C)(C)C)C2)nc2c(C3=CN(C)NC3)cnn2c1N(SF)SF. The summed E-state index contributed by atoms with van der Waals surface area (Å²) in [4.78, 5) is 19.4. The number of hydrazine groups is 1. The van der Waals surface area contributed by atoms with E-state index in [4.69, 9.17) is 9.72 Å². The number of carbonyl (C=O) groups is 1. The normalized spacial score (nSPS) is 17.4. The quantitative estimate of drug-likeness (QED) is 0.351. The van der Waals surface area contributed by atoms with Gasteiger partial charge in [-0.05, 0) is 46.1 Å². The number of nitrogens with zero attached hydrogens (tertiary/aromatic N) is 6. The molecule has 38 heavy (non-hydrogen) atoms. The summed E-state index contributed by atoms with van der Waals surface area (Å²) in [5.74, 6) is 5.79. The van der Waals surface area contributed by atoms with Gasteiger partial charge in [-0.2, -0.15) is 13.3 Å². The molecule has 9 nitrogen and oxygen atoms in total. The number of hydrogen-bond donors (Lipinski definition) is 1. The minimum Gasteiger partial charge on any atom is -0.444 e. The van der Waals surface area contributed by atoms with Crippen LogP contribution in [-0.4, -0.2) is 62.9 Å². The largest absolute Gasteiger partial charge is 0.444 e. The first-order chi connectivity index (χ1) is 18.2. The summed E-state index contributed by atoms with van der Waals surface area (Å²) in [5.41, 5.74) is 5.68. The minimum absolute atomic E-state index is 0.143. The van der Waals surface area contributed by atoms with Crippen molar-refractivity contribution in [1.29, 1.82) is 0 Å². The van der Waals surface area contributed by atoms with Crippen LogP contribution < -0.4 is 9.14 Å². The van der Waals surface area contributed by atoms with E-state index in [9.17, 15) is 12.6 Å². The first kappa shape index (κ1) is 29.9. The number of likely N-dealkylation sites (tertiary alicyclic amines) is 1. The molecule has 1 saturated heterocycles. The van der Waals surface area contributed by atoms with Gasteiger partial charge in [0.2, 0.25) is 0 Å². The first-order valence-corrected chi connectivity index (χ1v) is 13.9. The molecule has 4 heterocycles. The second kappa shape index (κ2) is 12.9. The lowest BCUT2D eigenvalue weighted by Crippen LogP contribution is -2.42. The van der Waals surface area contributed by atoms with Crippen molar-refractivity contribution in [3.8, 4) is 11.8 Å². The van der Waals surface area contributed by atoms with Gasteiger partial charge in [-0.3, -0.25) is 0 Å². The number of piperidine rings is 1. The van der Waals surface area contributed by atoms with Gasteiger partial charge in [0.1, 0.15) is 5.60 Å². The predicted molar refractivity (Wildman–Crippen MR) is 150 cm³/mol. The summed E-state index contributed by atoms with van der Waals surface area (Å²) in [5, 5.41) is 6.26. The Morgan fingerprint density at radius 3 is 2.58 bits per heavy atom. The Hall–Kier alpha value is -2.69. The third-order valence-corrected chi connectivity index (χ3v) is 6.81. The monoisotopic (exact) mass is 567 g/mol. The van der Waals surface area contributed by atoms with Gasteiger partial charge in [-0.1, -0.05) is 19.8 Å². The van der Waals surface area contributed by atoms with Crippen LogP contribution in [0.15, 0.2) is 12.4 Å². The summed E-state index contributed by atoms with van der Waals surface area (Å²) in [7, 11) is 1.88. The molecule has 2 aliphatic rings. The van der Waals surface area contributed by atoms with E-state index in [1.165, 1.54) is 4.52 Å². The Morgan fingerprint density at radius 2 is 2.00 bits per heavy atom. The molecule has 13 heteroatoms. The van der Waals surface area contributed by atoms with Crippen LogP contribution in [-0.2, 0) is 4.74 Å². The Labute approximate surface area is 232 Å². The maximum atomic E-state index is 13.9. The molecule has 1 N–H and O–H groups in total. The third-order valence-electron chi connectivity index (χ3n) is 5.87. The van der Waals surface area contributed by atoms with Gasteiger partial charge >= 0.3 is 6.09 Å². The minimum atomic E-state index is -0.618. The smallest absolute Gasteiger partial charge is 0.410 e. The molecule has 0 spiro atoms. The molecular weight excluding hydrogens is 532 g/mol. The summed E-state index contributed by atoms with van der Waals surface area (Å²) in [6.45, 7) is 12.6. The Bertz CT molecular complexity index is 1230. The lowest BCUT2D eigenvalue weighted by molar-refractivity contribution is 0.0197. The van der Waals surface area contributed by atoms with E-state index in [1.807, 2.05) is 52.9 Å². The van der Waals surface area contributed by atoms with Crippen LogP contribution in [0.5, 0.6) is 0 Å². The van der Waals surface area contributed by atoms with Gasteiger partial charge in [-0.25, -0.2) is 15.2 Å². The molecule has 1 amide bonds. The standard InChI is InChI=1S/C23H29F2N7O2S2.C2H6/c1-6-8-17-19(15-9-7-10-30(14-15)22(33)34-23(2,3)4)28-20-18(16-11-26-29(5)13-16)12-27-31(20)21(17)32(35-24)36-25;1-2/h12-13,15,26H,7,9-11,14H2,1-5H3;1-2H3. The van der Waals surface area contributed by atoms with Crippen molar-refractivity contribution in [1.82, 2.24) is 29.9 Å². The van der Waals surface area contributed by atoms with Crippen molar-refractivity contribution in [2.24, 2.45) is 0 Å². The van der Waals surface area contributed by atoms with Crippen LogP contribution in [0.25, 0.3) is 11.2 Å². The topological polar surface area (TPSA) is 78.2 Å². The number of amides is 1. The van der Waals surface area contributed by atoms with Gasteiger partial charge in [0.25, 0.3) is 0 Å². The Balaban J connectivity index is 0.00000195. The average Bonchev–Trinajstić information content (AvgIpc) is 3.51. The van der Waals surface area contributed by atoms with E-state index < -0.39 is 11.7 Å². The van der Waals surface area contributed by atoms with E-state index in [-0.39, 0.29) is 36.4 Å². The molecule has 4 rings (SSSR count). The summed E-state index contributed by atoms with van der Waals surface area (Å²) < 4.78 is 35.6. The van der Waals surface area contributed by atoms with E-state index >= 15 is 0 Å². The fourth-order valence-electron chi connectivity index (χ4n) is 4.40. The highest BCUT2D eigenvalue weighted by molar-refractivity contribution is 8.13. The fourth-order valence-corrected chi connectivity index (χ4v) is 4.95. The molecule has 208 valence electrons. The highest BCUT2D eigenvalue weighted by Crippen LogP contribution is 2.40. The number of hydrogen-bond acceptors (Lipinski definition) is 9. The number of aromatic nitrogens is 3.